The fourth-order valence-corrected chi connectivity index (χ4v) is 1.88. The Balaban J connectivity index is 2.17. The highest BCUT2D eigenvalue weighted by Crippen LogP contribution is 2.19. The first-order valence-electron chi connectivity index (χ1n) is 6.29. The Hall–Kier alpha value is -2.85. The second-order valence-electron chi connectivity index (χ2n) is 4.34. The third-order valence-electron chi connectivity index (χ3n) is 2.81. The van der Waals surface area contributed by atoms with Crippen LogP contribution in [0.25, 0.3) is 0 Å². The summed E-state index contributed by atoms with van der Waals surface area (Å²) in [6.45, 7) is 0.125. The zero-order valence-corrected chi connectivity index (χ0v) is 12.1. The Morgan fingerprint density at radius 1 is 1.32 bits per heavy atom. The smallest absolute Gasteiger partial charge is 0.404 e. The fraction of sp³-hybridized carbons (Fsp3) is 0.143. The van der Waals surface area contributed by atoms with Crippen LogP contribution in [0.2, 0.25) is 5.02 Å². The molecule has 0 fully saturated rings. The maximum Gasteiger partial charge on any atom is 0.404 e. The third kappa shape index (κ3) is 4.33. The zero-order chi connectivity index (χ0) is 15.9. The van der Waals surface area contributed by atoms with Gasteiger partial charge in [0.05, 0.1) is 24.0 Å². The second kappa shape index (κ2) is 7.24. The molecule has 1 aromatic carbocycles. The molecule has 0 saturated heterocycles. The van der Waals surface area contributed by atoms with Gasteiger partial charge in [0.2, 0.25) is 5.95 Å². The van der Waals surface area contributed by atoms with E-state index in [2.05, 4.69) is 20.6 Å². The Labute approximate surface area is 131 Å². The van der Waals surface area contributed by atoms with Crippen LogP contribution in [0.15, 0.2) is 36.7 Å². The summed E-state index contributed by atoms with van der Waals surface area (Å²) in [4.78, 5) is 18.7. The number of rotatable bonds is 5. The van der Waals surface area contributed by atoms with Crippen molar-refractivity contribution < 1.29 is 9.90 Å². The van der Waals surface area contributed by atoms with Crippen molar-refractivity contribution in [1.82, 2.24) is 15.3 Å². The first kappa shape index (κ1) is 15.5. The molecule has 2 aromatic rings. The van der Waals surface area contributed by atoms with Crippen LogP contribution in [-0.4, -0.2) is 27.7 Å². The molecule has 1 unspecified atom stereocenters. The molecule has 0 radical (unpaired) electrons. The highest BCUT2D eigenvalue weighted by Gasteiger charge is 2.14. The summed E-state index contributed by atoms with van der Waals surface area (Å²) in [6.07, 6.45) is 1.65. The molecule has 112 valence electrons. The van der Waals surface area contributed by atoms with Crippen molar-refractivity contribution in [1.29, 1.82) is 5.26 Å². The molecule has 0 spiro atoms. The Morgan fingerprint density at radius 2 is 1.95 bits per heavy atom. The van der Waals surface area contributed by atoms with Crippen molar-refractivity contribution in [2.45, 2.75) is 6.04 Å². The summed E-state index contributed by atoms with van der Waals surface area (Å²) in [6, 6.07) is 8.55. The highest BCUT2D eigenvalue weighted by molar-refractivity contribution is 6.30. The first-order valence-corrected chi connectivity index (χ1v) is 6.67. The van der Waals surface area contributed by atoms with Crippen LogP contribution < -0.4 is 10.6 Å². The molecule has 1 amide bonds. The van der Waals surface area contributed by atoms with Gasteiger partial charge in [0.1, 0.15) is 6.07 Å². The quantitative estimate of drug-likeness (QED) is 0.781. The van der Waals surface area contributed by atoms with E-state index in [9.17, 15) is 4.79 Å². The van der Waals surface area contributed by atoms with Gasteiger partial charge in [-0.15, -0.1) is 0 Å². The van der Waals surface area contributed by atoms with Gasteiger partial charge in [0.25, 0.3) is 0 Å². The SMILES string of the molecule is N#Cc1cnc(NC(CNC(=O)O)c2ccc(Cl)cc2)nc1. The van der Waals surface area contributed by atoms with Crippen molar-refractivity contribution in [2.75, 3.05) is 11.9 Å². The van der Waals surface area contributed by atoms with Crippen molar-refractivity contribution in [3.05, 3.63) is 52.8 Å². The topological polar surface area (TPSA) is 111 Å². The molecule has 1 aromatic heterocycles. The predicted octanol–water partition coefficient (Wildman–Crippen LogP) is 2.42. The van der Waals surface area contributed by atoms with E-state index in [0.717, 1.165) is 5.56 Å². The molecule has 0 aliphatic rings. The van der Waals surface area contributed by atoms with Gasteiger partial charge < -0.3 is 15.7 Å². The Kier molecular flexibility index (Phi) is 5.11. The number of halogens is 1. The molecule has 0 aliphatic carbocycles. The van der Waals surface area contributed by atoms with Crippen LogP contribution in [0.1, 0.15) is 17.2 Å². The van der Waals surface area contributed by atoms with Crippen molar-refractivity contribution in [3.63, 3.8) is 0 Å². The number of hydrogen-bond donors (Lipinski definition) is 3. The van der Waals surface area contributed by atoms with Gasteiger partial charge in [-0.25, -0.2) is 14.8 Å². The van der Waals surface area contributed by atoms with Gasteiger partial charge in [0.15, 0.2) is 0 Å². The average Bonchev–Trinajstić information content (AvgIpc) is 2.53. The van der Waals surface area contributed by atoms with Gasteiger partial charge in [-0.05, 0) is 17.7 Å². The molecule has 7 nitrogen and oxygen atoms in total. The lowest BCUT2D eigenvalue weighted by Crippen LogP contribution is -2.30. The van der Waals surface area contributed by atoms with E-state index in [1.807, 2.05) is 6.07 Å². The van der Waals surface area contributed by atoms with E-state index in [4.69, 9.17) is 22.0 Å². The molecule has 1 heterocycles. The highest BCUT2D eigenvalue weighted by atomic mass is 35.5. The molecule has 0 bridgehead atoms. The van der Waals surface area contributed by atoms with Gasteiger partial charge in [-0.3, -0.25) is 0 Å². The lowest BCUT2D eigenvalue weighted by atomic mass is 10.1. The summed E-state index contributed by atoms with van der Waals surface area (Å²) in [5.41, 5.74) is 1.17. The lowest BCUT2D eigenvalue weighted by molar-refractivity contribution is 0.194. The van der Waals surface area contributed by atoms with E-state index < -0.39 is 6.09 Å². The van der Waals surface area contributed by atoms with E-state index in [0.29, 0.717) is 16.5 Å². The number of aromatic nitrogens is 2. The van der Waals surface area contributed by atoms with Crippen LogP contribution in [0, 0.1) is 11.3 Å². The van der Waals surface area contributed by atoms with Gasteiger partial charge in [-0.1, -0.05) is 23.7 Å². The molecule has 3 N–H and O–H groups in total. The summed E-state index contributed by atoms with van der Waals surface area (Å²) in [7, 11) is 0. The minimum absolute atomic E-state index is 0.125. The van der Waals surface area contributed by atoms with Crippen LogP contribution in [-0.2, 0) is 0 Å². The molecule has 0 aliphatic heterocycles. The fourth-order valence-electron chi connectivity index (χ4n) is 1.75. The first-order chi connectivity index (χ1) is 10.6. The van der Waals surface area contributed by atoms with Crippen LogP contribution >= 0.6 is 11.6 Å². The minimum Gasteiger partial charge on any atom is -0.465 e. The average molecular weight is 318 g/mol. The Morgan fingerprint density at radius 3 is 2.50 bits per heavy atom. The van der Waals surface area contributed by atoms with Crippen molar-refractivity contribution >= 4 is 23.6 Å². The maximum atomic E-state index is 10.7. The van der Waals surface area contributed by atoms with Gasteiger partial charge in [-0.2, -0.15) is 5.26 Å². The lowest BCUT2D eigenvalue weighted by Gasteiger charge is -2.19. The molecule has 2 rings (SSSR count). The van der Waals surface area contributed by atoms with Crippen molar-refractivity contribution in [2.24, 2.45) is 0 Å². The van der Waals surface area contributed by atoms with Crippen molar-refractivity contribution in [3.8, 4) is 6.07 Å². The number of nitriles is 1. The number of benzene rings is 1. The number of nitrogens with zero attached hydrogens (tertiary/aromatic N) is 3. The van der Waals surface area contributed by atoms with Gasteiger partial charge >= 0.3 is 6.09 Å². The van der Waals surface area contributed by atoms with E-state index in [1.54, 1.807) is 24.3 Å². The van der Waals surface area contributed by atoms with E-state index >= 15 is 0 Å². The molecular weight excluding hydrogens is 306 g/mol. The molecule has 1 atom stereocenters. The molecule has 22 heavy (non-hydrogen) atoms. The number of nitrogens with one attached hydrogen (secondary N) is 2. The summed E-state index contributed by atoms with van der Waals surface area (Å²) in [5, 5.41) is 23.4. The number of anilines is 1. The third-order valence-corrected chi connectivity index (χ3v) is 3.07. The van der Waals surface area contributed by atoms with Crippen LogP contribution in [0.4, 0.5) is 10.7 Å². The van der Waals surface area contributed by atoms with Crippen LogP contribution in [0.3, 0.4) is 0 Å². The second-order valence-corrected chi connectivity index (χ2v) is 4.78. The van der Waals surface area contributed by atoms with Gasteiger partial charge in [0, 0.05) is 11.6 Å². The number of carbonyl (C=O) groups is 1. The molecule has 8 heteroatoms. The minimum atomic E-state index is -1.12. The Bertz CT molecular complexity index is 682. The normalized spacial score (nSPS) is 11.3. The number of carboxylic acid groups (broad SMARTS) is 1. The summed E-state index contributed by atoms with van der Waals surface area (Å²) < 4.78 is 0. The zero-order valence-electron chi connectivity index (χ0n) is 11.3. The summed E-state index contributed by atoms with van der Waals surface area (Å²) >= 11 is 5.85. The van der Waals surface area contributed by atoms with Crippen LogP contribution in [0.5, 0.6) is 0 Å². The molecule has 0 saturated carbocycles. The number of amides is 1. The predicted molar refractivity (Wildman–Crippen MR) is 80.6 cm³/mol. The number of hydrogen-bond acceptors (Lipinski definition) is 5. The van der Waals surface area contributed by atoms with E-state index in [-0.39, 0.29) is 12.6 Å². The summed E-state index contributed by atoms with van der Waals surface area (Å²) in [5.74, 6) is 0.297. The largest absolute Gasteiger partial charge is 0.465 e. The molecular formula is C14H12ClN5O2. The maximum absolute atomic E-state index is 10.7. The van der Waals surface area contributed by atoms with E-state index in [1.165, 1.54) is 12.4 Å². The monoisotopic (exact) mass is 317 g/mol. The standard InChI is InChI=1S/C14H12ClN5O2/c15-11-3-1-10(2-4-11)12(8-19-14(21)22)20-13-17-6-9(5-16)7-18-13/h1-4,6-7,12,19H,8H2,(H,21,22)(H,17,18,20).